The third-order valence-corrected chi connectivity index (χ3v) is 4.46. The number of benzene rings is 1. The van der Waals surface area contributed by atoms with Crippen LogP contribution < -0.4 is 4.72 Å². The zero-order valence-corrected chi connectivity index (χ0v) is 11.3. The summed E-state index contributed by atoms with van der Waals surface area (Å²) in [6, 6.07) is 6.59. The number of hydrogen-bond acceptors (Lipinski definition) is 3. The van der Waals surface area contributed by atoms with Crippen LogP contribution in [0.4, 0.5) is 5.82 Å². The second-order valence-corrected chi connectivity index (χ2v) is 6.01. The molecular formula is C10H10BrN3O2S. The number of rotatable bonds is 3. The lowest BCUT2D eigenvalue weighted by Crippen LogP contribution is -2.13. The standard InChI is InChI=1S/C10H10BrN3O2S/c1-7-2-3-9(8(11)6-7)17(15,16)14-10-4-5-12-13-10/h2-6H,1H3,(H2,12,13,14). The fourth-order valence-corrected chi connectivity index (χ4v) is 3.54. The smallest absolute Gasteiger partial charge is 0.264 e. The van der Waals surface area contributed by atoms with Crippen LogP contribution in [0.25, 0.3) is 0 Å². The van der Waals surface area contributed by atoms with E-state index in [0.29, 0.717) is 10.3 Å². The Balaban J connectivity index is 2.38. The van der Waals surface area contributed by atoms with E-state index in [9.17, 15) is 8.42 Å². The lowest BCUT2D eigenvalue weighted by molar-refractivity contribution is 0.600. The highest BCUT2D eigenvalue weighted by atomic mass is 79.9. The van der Waals surface area contributed by atoms with Gasteiger partial charge in [-0.1, -0.05) is 6.07 Å². The van der Waals surface area contributed by atoms with Crippen LogP contribution in [0.5, 0.6) is 0 Å². The number of hydrogen-bond donors (Lipinski definition) is 2. The highest BCUT2D eigenvalue weighted by Gasteiger charge is 2.17. The van der Waals surface area contributed by atoms with Crippen molar-refractivity contribution in [2.45, 2.75) is 11.8 Å². The van der Waals surface area contributed by atoms with Gasteiger partial charge in [-0.25, -0.2) is 8.42 Å². The molecule has 0 saturated heterocycles. The van der Waals surface area contributed by atoms with Gasteiger partial charge in [0.15, 0.2) is 0 Å². The average molecular weight is 316 g/mol. The Kier molecular flexibility index (Phi) is 3.21. The molecule has 90 valence electrons. The molecule has 7 heteroatoms. The van der Waals surface area contributed by atoms with Gasteiger partial charge in [0, 0.05) is 10.5 Å². The summed E-state index contributed by atoms with van der Waals surface area (Å²) in [5.74, 6) is 0.331. The van der Waals surface area contributed by atoms with Crippen LogP contribution in [0.15, 0.2) is 39.8 Å². The molecule has 0 fully saturated rings. The maximum atomic E-state index is 12.0. The van der Waals surface area contributed by atoms with Crippen molar-refractivity contribution in [2.24, 2.45) is 0 Å². The molecule has 1 aromatic carbocycles. The lowest BCUT2D eigenvalue weighted by Gasteiger charge is -2.08. The zero-order chi connectivity index (χ0) is 12.5. The van der Waals surface area contributed by atoms with Crippen molar-refractivity contribution >= 4 is 31.8 Å². The Morgan fingerprint density at radius 2 is 2.12 bits per heavy atom. The predicted octanol–water partition coefficient (Wildman–Crippen LogP) is 2.28. The van der Waals surface area contributed by atoms with Crippen molar-refractivity contribution in [3.8, 4) is 0 Å². The highest BCUT2D eigenvalue weighted by Crippen LogP contribution is 2.24. The topological polar surface area (TPSA) is 74.8 Å². The first-order valence-corrected chi connectivity index (χ1v) is 7.05. The molecule has 0 aliphatic heterocycles. The molecule has 0 aliphatic rings. The number of nitrogens with zero attached hydrogens (tertiary/aromatic N) is 1. The van der Waals surface area contributed by atoms with Crippen molar-refractivity contribution in [1.82, 2.24) is 10.2 Å². The summed E-state index contributed by atoms with van der Waals surface area (Å²) in [6.45, 7) is 1.89. The van der Waals surface area contributed by atoms with Gasteiger partial charge in [-0.3, -0.25) is 9.82 Å². The Morgan fingerprint density at radius 1 is 1.35 bits per heavy atom. The van der Waals surface area contributed by atoms with Crippen LogP contribution in [-0.2, 0) is 10.0 Å². The van der Waals surface area contributed by atoms with Crippen molar-refractivity contribution < 1.29 is 8.42 Å². The molecule has 1 heterocycles. The van der Waals surface area contributed by atoms with E-state index < -0.39 is 10.0 Å². The average Bonchev–Trinajstić information content (AvgIpc) is 2.68. The molecule has 0 aliphatic carbocycles. The van der Waals surface area contributed by atoms with E-state index in [-0.39, 0.29) is 4.90 Å². The molecule has 0 radical (unpaired) electrons. The van der Waals surface area contributed by atoms with E-state index in [1.807, 2.05) is 6.92 Å². The van der Waals surface area contributed by atoms with Gasteiger partial charge in [0.1, 0.15) is 10.7 Å². The molecular weight excluding hydrogens is 306 g/mol. The minimum absolute atomic E-state index is 0.192. The summed E-state index contributed by atoms with van der Waals surface area (Å²) in [4.78, 5) is 0.192. The van der Waals surface area contributed by atoms with Gasteiger partial charge >= 0.3 is 0 Å². The van der Waals surface area contributed by atoms with E-state index in [4.69, 9.17) is 0 Å². The first kappa shape index (κ1) is 12.1. The second kappa shape index (κ2) is 4.50. The number of nitrogens with one attached hydrogen (secondary N) is 2. The fraction of sp³-hybridized carbons (Fsp3) is 0.100. The second-order valence-electron chi connectivity index (χ2n) is 3.51. The van der Waals surface area contributed by atoms with Crippen molar-refractivity contribution in [1.29, 1.82) is 0 Å². The molecule has 0 atom stereocenters. The van der Waals surface area contributed by atoms with Gasteiger partial charge in [-0.2, -0.15) is 5.10 Å². The number of H-pyrrole nitrogens is 1. The van der Waals surface area contributed by atoms with Crippen LogP contribution in [0, 0.1) is 6.92 Å². The van der Waals surface area contributed by atoms with Gasteiger partial charge in [-0.05, 0) is 40.5 Å². The highest BCUT2D eigenvalue weighted by molar-refractivity contribution is 9.10. The van der Waals surface area contributed by atoms with E-state index in [1.165, 1.54) is 6.20 Å². The molecule has 2 N–H and O–H groups in total. The van der Waals surface area contributed by atoms with Crippen LogP contribution in [0.1, 0.15) is 5.56 Å². The molecule has 0 bridgehead atoms. The first-order chi connectivity index (χ1) is 7.99. The number of aryl methyl sites for hydroxylation is 1. The van der Waals surface area contributed by atoms with Gasteiger partial charge < -0.3 is 0 Å². The summed E-state index contributed by atoms with van der Waals surface area (Å²) >= 11 is 3.24. The summed E-state index contributed by atoms with van der Waals surface area (Å²) in [7, 11) is -3.60. The molecule has 2 aromatic rings. The van der Waals surface area contributed by atoms with Crippen LogP contribution in [0.2, 0.25) is 0 Å². The molecule has 1 aromatic heterocycles. The van der Waals surface area contributed by atoms with E-state index in [1.54, 1.807) is 24.3 Å². The predicted molar refractivity (Wildman–Crippen MR) is 68.3 cm³/mol. The van der Waals surface area contributed by atoms with Gasteiger partial charge in [0.25, 0.3) is 10.0 Å². The van der Waals surface area contributed by atoms with E-state index in [0.717, 1.165) is 5.56 Å². The minimum atomic E-state index is -3.60. The SMILES string of the molecule is Cc1ccc(S(=O)(=O)Nc2ccn[nH]2)c(Br)c1. The summed E-state index contributed by atoms with van der Waals surface area (Å²) in [5.41, 5.74) is 0.984. The zero-order valence-electron chi connectivity index (χ0n) is 8.94. The quantitative estimate of drug-likeness (QED) is 0.912. The third kappa shape index (κ3) is 2.67. The normalized spacial score (nSPS) is 11.4. The molecule has 17 heavy (non-hydrogen) atoms. The minimum Gasteiger partial charge on any atom is -0.264 e. The maximum Gasteiger partial charge on any atom is 0.264 e. The number of halogens is 1. The molecule has 0 amide bonds. The molecule has 0 unspecified atom stereocenters. The third-order valence-electron chi connectivity index (χ3n) is 2.12. The van der Waals surface area contributed by atoms with Crippen LogP contribution in [-0.4, -0.2) is 18.6 Å². The number of anilines is 1. The van der Waals surface area contributed by atoms with Crippen molar-refractivity contribution in [2.75, 3.05) is 4.72 Å². The summed E-state index contributed by atoms with van der Waals surface area (Å²) in [6.07, 6.45) is 1.47. The number of sulfonamides is 1. The lowest BCUT2D eigenvalue weighted by atomic mass is 10.2. The summed E-state index contributed by atoms with van der Waals surface area (Å²) in [5, 5.41) is 6.21. The fourth-order valence-electron chi connectivity index (χ4n) is 1.34. The molecule has 0 saturated carbocycles. The maximum absolute atomic E-state index is 12.0. The van der Waals surface area contributed by atoms with Crippen molar-refractivity contribution in [3.05, 3.63) is 40.5 Å². The van der Waals surface area contributed by atoms with Gasteiger partial charge in [-0.15, -0.1) is 0 Å². The van der Waals surface area contributed by atoms with Crippen LogP contribution >= 0.6 is 15.9 Å². The van der Waals surface area contributed by atoms with Gasteiger partial charge in [0.2, 0.25) is 0 Å². The monoisotopic (exact) mass is 315 g/mol. The van der Waals surface area contributed by atoms with Crippen molar-refractivity contribution in [3.63, 3.8) is 0 Å². The van der Waals surface area contributed by atoms with Gasteiger partial charge in [0.05, 0.1) is 6.20 Å². The first-order valence-electron chi connectivity index (χ1n) is 4.77. The van der Waals surface area contributed by atoms with E-state index in [2.05, 4.69) is 30.8 Å². The van der Waals surface area contributed by atoms with Crippen LogP contribution in [0.3, 0.4) is 0 Å². The summed E-state index contributed by atoms with van der Waals surface area (Å²) < 4.78 is 27.0. The Labute approximate surface area is 107 Å². The molecule has 0 spiro atoms. The van der Waals surface area contributed by atoms with E-state index >= 15 is 0 Å². The Morgan fingerprint density at radius 3 is 2.71 bits per heavy atom. The number of aromatic nitrogens is 2. The largest absolute Gasteiger partial charge is 0.264 e. The molecule has 2 rings (SSSR count). The Bertz CT molecular complexity index is 623. The Hall–Kier alpha value is -1.34. The number of aromatic amines is 1. The molecule has 5 nitrogen and oxygen atoms in total.